The predicted octanol–water partition coefficient (Wildman–Crippen LogP) is 2.53. The van der Waals surface area contributed by atoms with Gasteiger partial charge in [-0.1, -0.05) is 42.5 Å². The van der Waals surface area contributed by atoms with E-state index in [1.807, 2.05) is 54.6 Å². The molecular formula is C19H22N2O4. The van der Waals surface area contributed by atoms with E-state index in [2.05, 4.69) is 5.32 Å². The Balaban J connectivity index is 2.04. The molecule has 0 saturated heterocycles. The van der Waals surface area contributed by atoms with E-state index < -0.39 is 18.5 Å². The first-order chi connectivity index (χ1) is 12.1. The first kappa shape index (κ1) is 18.3. The van der Waals surface area contributed by atoms with E-state index in [0.717, 1.165) is 16.9 Å². The monoisotopic (exact) mass is 342 g/mol. The number of ether oxygens (including phenoxy) is 1. The molecule has 0 heterocycles. The fourth-order valence-corrected chi connectivity index (χ4v) is 2.38. The Morgan fingerprint density at radius 2 is 1.72 bits per heavy atom. The standard InChI is InChI=1S/C19H22N2O4/c1-25-17-9-7-16(8-10-17)14-21(19(24)20-13-18(22)23)12-11-15-5-3-2-4-6-15/h2-10H,11-14H2,1H3,(H,20,24)(H,22,23). The molecular weight excluding hydrogens is 320 g/mol. The number of carbonyl (C=O) groups is 2. The van der Waals surface area contributed by atoms with Crippen LogP contribution in [0, 0.1) is 0 Å². The second-order valence-corrected chi connectivity index (χ2v) is 5.56. The van der Waals surface area contributed by atoms with Crippen LogP contribution in [0.5, 0.6) is 5.75 Å². The van der Waals surface area contributed by atoms with Crippen molar-refractivity contribution in [3.8, 4) is 5.75 Å². The van der Waals surface area contributed by atoms with E-state index in [9.17, 15) is 9.59 Å². The van der Waals surface area contributed by atoms with Crippen molar-refractivity contribution in [3.05, 3.63) is 65.7 Å². The van der Waals surface area contributed by atoms with Crippen LogP contribution in [0.1, 0.15) is 11.1 Å². The molecule has 132 valence electrons. The molecule has 2 N–H and O–H groups in total. The van der Waals surface area contributed by atoms with Crippen molar-refractivity contribution < 1.29 is 19.4 Å². The van der Waals surface area contributed by atoms with E-state index in [-0.39, 0.29) is 0 Å². The van der Waals surface area contributed by atoms with Crippen molar-refractivity contribution >= 4 is 12.0 Å². The summed E-state index contributed by atoms with van der Waals surface area (Å²) in [5, 5.41) is 11.2. The zero-order valence-electron chi connectivity index (χ0n) is 14.1. The number of hydrogen-bond donors (Lipinski definition) is 2. The number of carbonyl (C=O) groups excluding carboxylic acids is 1. The third-order valence-corrected chi connectivity index (χ3v) is 3.72. The molecule has 2 aromatic rings. The second kappa shape index (κ2) is 9.32. The van der Waals surface area contributed by atoms with Gasteiger partial charge in [-0.3, -0.25) is 4.79 Å². The molecule has 0 aromatic heterocycles. The number of methoxy groups -OCH3 is 1. The minimum atomic E-state index is -1.07. The first-order valence-corrected chi connectivity index (χ1v) is 8.00. The van der Waals surface area contributed by atoms with Gasteiger partial charge in [-0.25, -0.2) is 4.79 Å². The number of nitrogens with one attached hydrogen (secondary N) is 1. The highest BCUT2D eigenvalue weighted by Crippen LogP contribution is 2.13. The van der Waals surface area contributed by atoms with Crippen LogP contribution in [0.25, 0.3) is 0 Å². The molecule has 0 aliphatic rings. The summed E-state index contributed by atoms with van der Waals surface area (Å²) in [6, 6.07) is 16.9. The molecule has 0 bridgehead atoms. The van der Waals surface area contributed by atoms with Crippen LogP contribution in [0.2, 0.25) is 0 Å². The highest BCUT2D eigenvalue weighted by molar-refractivity contribution is 5.80. The topological polar surface area (TPSA) is 78.9 Å². The van der Waals surface area contributed by atoms with E-state index in [4.69, 9.17) is 9.84 Å². The largest absolute Gasteiger partial charge is 0.497 e. The summed E-state index contributed by atoms with van der Waals surface area (Å²) in [5.41, 5.74) is 2.06. The molecule has 25 heavy (non-hydrogen) atoms. The molecule has 0 atom stereocenters. The molecule has 6 nitrogen and oxygen atoms in total. The summed E-state index contributed by atoms with van der Waals surface area (Å²) >= 11 is 0. The van der Waals surface area contributed by atoms with Crippen molar-refractivity contribution in [1.29, 1.82) is 0 Å². The van der Waals surface area contributed by atoms with E-state index in [1.165, 1.54) is 0 Å². The molecule has 0 unspecified atom stereocenters. The number of benzene rings is 2. The Morgan fingerprint density at radius 1 is 1.04 bits per heavy atom. The first-order valence-electron chi connectivity index (χ1n) is 8.00. The van der Waals surface area contributed by atoms with Crippen molar-refractivity contribution in [2.24, 2.45) is 0 Å². The number of hydrogen-bond acceptors (Lipinski definition) is 3. The van der Waals surface area contributed by atoms with Gasteiger partial charge < -0.3 is 20.1 Å². The van der Waals surface area contributed by atoms with Gasteiger partial charge in [0, 0.05) is 13.1 Å². The van der Waals surface area contributed by atoms with Crippen LogP contribution in [0.15, 0.2) is 54.6 Å². The normalized spacial score (nSPS) is 10.1. The molecule has 2 amide bonds. The molecule has 0 aliphatic heterocycles. The highest BCUT2D eigenvalue weighted by Gasteiger charge is 2.15. The Morgan fingerprint density at radius 3 is 2.32 bits per heavy atom. The Bertz CT molecular complexity index is 686. The molecule has 0 aliphatic carbocycles. The van der Waals surface area contributed by atoms with Crippen LogP contribution < -0.4 is 10.1 Å². The lowest BCUT2D eigenvalue weighted by Gasteiger charge is -2.23. The van der Waals surface area contributed by atoms with Crippen LogP contribution in [0.3, 0.4) is 0 Å². The summed E-state index contributed by atoms with van der Waals surface area (Å²) in [6.45, 7) is 0.479. The lowest BCUT2D eigenvalue weighted by atomic mass is 10.1. The number of rotatable bonds is 8. The van der Waals surface area contributed by atoms with Crippen molar-refractivity contribution in [1.82, 2.24) is 10.2 Å². The van der Waals surface area contributed by atoms with Gasteiger partial charge >= 0.3 is 12.0 Å². The molecule has 2 rings (SSSR count). The van der Waals surface area contributed by atoms with Gasteiger partial charge in [0.1, 0.15) is 12.3 Å². The predicted molar refractivity (Wildman–Crippen MR) is 94.6 cm³/mol. The van der Waals surface area contributed by atoms with E-state index in [0.29, 0.717) is 19.5 Å². The lowest BCUT2D eigenvalue weighted by molar-refractivity contribution is -0.135. The van der Waals surface area contributed by atoms with Gasteiger partial charge in [0.2, 0.25) is 0 Å². The third-order valence-electron chi connectivity index (χ3n) is 3.72. The second-order valence-electron chi connectivity index (χ2n) is 5.56. The molecule has 0 radical (unpaired) electrons. The lowest BCUT2D eigenvalue weighted by Crippen LogP contribution is -2.42. The fourth-order valence-electron chi connectivity index (χ4n) is 2.38. The quantitative estimate of drug-likeness (QED) is 0.773. The number of aliphatic carboxylic acids is 1. The smallest absolute Gasteiger partial charge is 0.323 e. The summed E-state index contributed by atoms with van der Waals surface area (Å²) in [6.07, 6.45) is 0.692. The summed E-state index contributed by atoms with van der Waals surface area (Å²) in [4.78, 5) is 24.6. The molecule has 0 spiro atoms. The van der Waals surface area contributed by atoms with Gasteiger partial charge in [0.15, 0.2) is 0 Å². The summed E-state index contributed by atoms with van der Waals surface area (Å²) in [7, 11) is 1.60. The SMILES string of the molecule is COc1ccc(CN(CCc2ccccc2)C(=O)NCC(=O)O)cc1. The maximum atomic E-state index is 12.3. The maximum absolute atomic E-state index is 12.3. The van der Waals surface area contributed by atoms with Gasteiger partial charge in [-0.05, 0) is 29.7 Å². The minimum Gasteiger partial charge on any atom is -0.497 e. The summed E-state index contributed by atoms with van der Waals surface area (Å²) < 4.78 is 5.13. The molecule has 2 aromatic carbocycles. The molecule has 0 saturated carbocycles. The van der Waals surface area contributed by atoms with Crippen LogP contribution in [0.4, 0.5) is 4.79 Å². The maximum Gasteiger partial charge on any atom is 0.323 e. The Labute approximate surface area is 147 Å². The average Bonchev–Trinajstić information content (AvgIpc) is 2.64. The third kappa shape index (κ3) is 6.18. The van der Waals surface area contributed by atoms with Crippen LogP contribution in [-0.4, -0.2) is 42.2 Å². The number of carboxylic acid groups (broad SMARTS) is 1. The number of carboxylic acids is 1. The van der Waals surface area contributed by atoms with Crippen molar-refractivity contribution in [2.45, 2.75) is 13.0 Å². The van der Waals surface area contributed by atoms with Gasteiger partial charge in [-0.15, -0.1) is 0 Å². The van der Waals surface area contributed by atoms with Gasteiger partial charge in [0.25, 0.3) is 0 Å². The number of amides is 2. The average molecular weight is 342 g/mol. The minimum absolute atomic E-state index is 0.391. The van der Waals surface area contributed by atoms with Crippen molar-refractivity contribution in [3.63, 3.8) is 0 Å². The highest BCUT2D eigenvalue weighted by atomic mass is 16.5. The number of urea groups is 1. The van der Waals surface area contributed by atoms with E-state index >= 15 is 0 Å². The van der Waals surface area contributed by atoms with Crippen LogP contribution >= 0.6 is 0 Å². The van der Waals surface area contributed by atoms with E-state index in [1.54, 1.807) is 12.0 Å². The van der Waals surface area contributed by atoms with Crippen LogP contribution in [-0.2, 0) is 17.8 Å². The number of nitrogens with zero attached hydrogens (tertiary/aromatic N) is 1. The van der Waals surface area contributed by atoms with Crippen molar-refractivity contribution in [2.75, 3.05) is 20.2 Å². The summed E-state index contributed by atoms with van der Waals surface area (Å²) in [5.74, 6) is -0.323. The van der Waals surface area contributed by atoms with Gasteiger partial charge in [0.05, 0.1) is 7.11 Å². The molecule has 0 fully saturated rings. The Kier molecular flexibility index (Phi) is 6.83. The zero-order chi connectivity index (χ0) is 18.1. The zero-order valence-corrected chi connectivity index (χ0v) is 14.1. The Hall–Kier alpha value is -3.02. The van der Waals surface area contributed by atoms with Gasteiger partial charge in [-0.2, -0.15) is 0 Å². The fraction of sp³-hybridized carbons (Fsp3) is 0.263. The molecule has 6 heteroatoms.